The van der Waals surface area contributed by atoms with Gasteiger partial charge in [-0.05, 0) is 38.0 Å². The molecule has 30 heavy (non-hydrogen) atoms. The molecule has 1 fully saturated rings. The van der Waals surface area contributed by atoms with E-state index >= 15 is 0 Å². The molecule has 0 radical (unpaired) electrons. The molecule has 4 rings (SSSR count). The van der Waals surface area contributed by atoms with Crippen LogP contribution < -0.4 is 11.0 Å². The summed E-state index contributed by atoms with van der Waals surface area (Å²) in [5, 5.41) is 0.238. The summed E-state index contributed by atoms with van der Waals surface area (Å²) in [6.07, 6.45) is 3.22. The molecule has 156 valence electrons. The molecule has 1 aliphatic heterocycles. The minimum Gasteiger partial charge on any atom is -0.462 e. The van der Waals surface area contributed by atoms with Crippen LogP contribution in [0.5, 0.6) is 0 Å². The summed E-state index contributed by atoms with van der Waals surface area (Å²) in [6.45, 7) is 4.09. The molecular formula is C21H22N4O5. The third-order valence-electron chi connectivity index (χ3n) is 4.96. The maximum Gasteiger partial charge on any atom is 0.341 e. The van der Waals surface area contributed by atoms with E-state index in [2.05, 4.69) is 9.98 Å². The van der Waals surface area contributed by atoms with E-state index in [-0.39, 0.29) is 34.7 Å². The molecule has 1 unspecified atom stereocenters. The molecule has 0 bridgehead atoms. The first-order valence-corrected chi connectivity index (χ1v) is 9.88. The lowest BCUT2D eigenvalue weighted by atomic mass is 10.2. The van der Waals surface area contributed by atoms with Gasteiger partial charge in [-0.2, -0.15) is 4.99 Å². The first-order valence-electron chi connectivity index (χ1n) is 9.88. The fourth-order valence-corrected chi connectivity index (χ4v) is 3.67. The van der Waals surface area contributed by atoms with Gasteiger partial charge in [0.15, 0.2) is 5.49 Å². The van der Waals surface area contributed by atoms with Gasteiger partial charge in [0, 0.05) is 19.7 Å². The number of aromatic nitrogens is 3. The molecule has 0 aromatic carbocycles. The van der Waals surface area contributed by atoms with Crippen molar-refractivity contribution in [1.82, 2.24) is 14.0 Å². The van der Waals surface area contributed by atoms with Crippen LogP contribution in [-0.2, 0) is 20.8 Å². The minimum atomic E-state index is -0.655. The number of carbonyl (C=O) groups is 2. The van der Waals surface area contributed by atoms with E-state index in [1.54, 1.807) is 35.9 Å². The van der Waals surface area contributed by atoms with Gasteiger partial charge >= 0.3 is 5.97 Å². The van der Waals surface area contributed by atoms with Gasteiger partial charge in [-0.25, -0.2) is 9.78 Å². The van der Waals surface area contributed by atoms with E-state index in [4.69, 9.17) is 9.47 Å². The normalized spacial score (nSPS) is 17.0. The zero-order chi connectivity index (χ0) is 21.3. The van der Waals surface area contributed by atoms with E-state index in [9.17, 15) is 14.4 Å². The third-order valence-corrected chi connectivity index (χ3v) is 4.96. The van der Waals surface area contributed by atoms with E-state index < -0.39 is 11.9 Å². The molecule has 0 spiro atoms. The van der Waals surface area contributed by atoms with Gasteiger partial charge in [0.2, 0.25) is 5.91 Å². The van der Waals surface area contributed by atoms with Crippen LogP contribution in [-0.4, -0.2) is 45.1 Å². The highest BCUT2D eigenvalue weighted by Gasteiger charge is 2.23. The molecule has 0 aliphatic carbocycles. The molecule has 4 heterocycles. The van der Waals surface area contributed by atoms with Crippen molar-refractivity contribution in [3.63, 3.8) is 0 Å². The van der Waals surface area contributed by atoms with Gasteiger partial charge in [0.05, 0.1) is 24.6 Å². The Kier molecular flexibility index (Phi) is 5.45. The molecule has 3 aromatic heterocycles. The molecule has 9 nitrogen and oxygen atoms in total. The van der Waals surface area contributed by atoms with Crippen molar-refractivity contribution in [3.8, 4) is 0 Å². The number of esters is 1. The quantitative estimate of drug-likeness (QED) is 0.476. The largest absolute Gasteiger partial charge is 0.462 e. The summed E-state index contributed by atoms with van der Waals surface area (Å²) < 4.78 is 14.0. The van der Waals surface area contributed by atoms with Crippen LogP contribution in [0.15, 0.2) is 40.2 Å². The Bertz CT molecular complexity index is 1270. The van der Waals surface area contributed by atoms with Crippen LogP contribution in [0.25, 0.3) is 16.7 Å². The smallest absolute Gasteiger partial charge is 0.341 e. The van der Waals surface area contributed by atoms with Crippen molar-refractivity contribution >= 4 is 28.6 Å². The zero-order valence-electron chi connectivity index (χ0n) is 16.8. The van der Waals surface area contributed by atoms with E-state index in [0.29, 0.717) is 24.4 Å². The van der Waals surface area contributed by atoms with Crippen LogP contribution in [0.2, 0.25) is 0 Å². The van der Waals surface area contributed by atoms with Crippen LogP contribution >= 0.6 is 0 Å². The summed E-state index contributed by atoms with van der Waals surface area (Å²) in [5.74, 6) is -1.13. The fraction of sp³-hybridized carbons (Fsp3) is 0.381. The maximum absolute atomic E-state index is 13.2. The zero-order valence-corrected chi connectivity index (χ0v) is 16.8. The lowest BCUT2D eigenvalue weighted by molar-refractivity contribution is -0.116. The van der Waals surface area contributed by atoms with Crippen molar-refractivity contribution in [2.75, 3.05) is 13.2 Å². The Morgan fingerprint density at radius 1 is 1.37 bits per heavy atom. The third kappa shape index (κ3) is 3.63. The summed E-state index contributed by atoms with van der Waals surface area (Å²) in [6, 6.07) is 6.65. The number of fused-ring (bicyclic) bond motifs is 2. The highest BCUT2D eigenvalue weighted by Crippen LogP contribution is 2.17. The average molecular weight is 410 g/mol. The molecule has 3 aromatic rings. The van der Waals surface area contributed by atoms with Crippen LogP contribution in [0, 0.1) is 0 Å². The Morgan fingerprint density at radius 2 is 2.20 bits per heavy atom. The van der Waals surface area contributed by atoms with Crippen LogP contribution in [0.4, 0.5) is 0 Å². The van der Waals surface area contributed by atoms with Gasteiger partial charge in [0.1, 0.15) is 16.9 Å². The van der Waals surface area contributed by atoms with Crippen molar-refractivity contribution in [2.45, 2.75) is 39.3 Å². The first-order chi connectivity index (χ1) is 14.5. The van der Waals surface area contributed by atoms with E-state index in [0.717, 1.165) is 12.8 Å². The van der Waals surface area contributed by atoms with Gasteiger partial charge in [0.25, 0.3) is 5.56 Å². The molecule has 1 aliphatic rings. The molecule has 9 heteroatoms. The standard InChI is InChI=1S/C21H22N4O5/c1-3-29-21(28)16-11-15-18(23-17-8-4-5-9-24(17)20(15)27)25(19(16)22-13(2)26)12-14-7-6-10-30-14/h4-5,8-9,11,14H,3,6-7,10,12H2,1-2H3. The number of nitrogens with zero attached hydrogens (tertiary/aromatic N) is 4. The van der Waals surface area contributed by atoms with Gasteiger partial charge in [-0.1, -0.05) is 6.07 Å². The SMILES string of the molecule is CCOC(=O)c1cc2c(=O)n3ccccc3nc2n(CC2CCCO2)c1=NC(C)=O. The van der Waals surface area contributed by atoms with Gasteiger partial charge < -0.3 is 14.0 Å². The molecular weight excluding hydrogens is 388 g/mol. The second kappa shape index (κ2) is 8.19. The van der Waals surface area contributed by atoms with Crippen LogP contribution in [0.3, 0.4) is 0 Å². The number of amides is 1. The Labute approximate surface area is 171 Å². The lowest BCUT2D eigenvalue weighted by Gasteiger charge is -2.17. The summed E-state index contributed by atoms with van der Waals surface area (Å²) in [4.78, 5) is 46.5. The number of rotatable bonds is 4. The average Bonchev–Trinajstić information content (AvgIpc) is 3.23. The Morgan fingerprint density at radius 3 is 2.90 bits per heavy atom. The van der Waals surface area contributed by atoms with Crippen molar-refractivity contribution in [1.29, 1.82) is 0 Å². The highest BCUT2D eigenvalue weighted by atomic mass is 16.5. The van der Waals surface area contributed by atoms with E-state index in [1.165, 1.54) is 17.4 Å². The van der Waals surface area contributed by atoms with Crippen molar-refractivity contribution in [3.05, 3.63) is 51.9 Å². The first kappa shape index (κ1) is 20.0. The minimum absolute atomic E-state index is 0.0485. The topological polar surface area (TPSA) is 104 Å². The van der Waals surface area contributed by atoms with Gasteiger partial charge in [-0.3, -0.25) is 14.0 Å². The van der Waals surface area contributed by atoms with Crippen molar-refractivity contribution in [2.24, 2.45) is 4.99 Å². The van der Waals surface area contributed by atoms with Crippen molar-refractivity contribution < 1.29 is 19.1 Å². The summed E-state index contributed by atoms with van der Waals surface area (Å²) >= 11 is 0. The molecule has 1 atom stereocenters. The predicted octanol–water partition coefficient (Wildman–Crippen LogP) is 1.45. The second-order valence-electron chi connectivity index (χ2n) is 7.06. The molecule has 0 saturated carbocycles. The fourth-order valence-electron chi connectivity index (χ4n) is 3.67. The number of hydrogen-bond acceptors (Lipinski definition) is 6. The number of pyridine rings is 2. The molecule has 1 amide bonds. The maximum atomic E-state index is 13.2. The lowest BCUT2D eigenvalue weighted by Crippen LogP contribution is -2.35. The highest BCUT2D eigenvalue weighted by molar-refractivity contribution is 5.93. The van der Waals surface area contributed by atoms with Gasteiger partial charge in [-0.15, -0.1) is 0 Å². The summed E-state index contributed by atoms with van der Waals surface area (Å²) in [5.41, 5.74) is 0.642. The Hall–Kier alpha value is -3.33. The Balaban J connectivity index is 2.12. The predicted molar refractivity (Wildman–Crippen MR) is 108 cm³/mol. The number of carbonyl (C=O) groups excluding carboxylic acids is 2. The monoisotopic (exact) mass is 410 g/mol. The van der Waals surface area contributed by atoms with Crippen LogP contribution in [0.1, 0.15) is 37.0 Å². The molecule has 1 saturated heterocycles. The molecule has 0 N–H and O–H groups in total. The number of hydrogen-bond donors (Lipinski definition) is 0. The van der Waals surface area contributed by atoms with E-state index in [1.807, 2.05) is 0 Å². The second-order valence-corrected chi connectivity index (χ2v) is 7.06. The number of ether oxygens (including phenoxy) is 2. The summed E-state index contributed by atoms with van der Waals surface area (Å²) in [7, 11) is 0.